The normalized spacial score (nSPS) is 10.9. The van der Waals surface area contributed by atoms with Gasteiger partial charge in [0.2, 0.25) is 0 Å². The predicted molar refractivity (Wildman–Crippen MR) is 80.8 cm³/mol. The number of hydrogen-bond acceptors (Lipinski definition) is 3. The number of carbonyl (C=O) groups is 1. The van der Waals surface area contributed by atoms with E-state index in [9.17, 15) is 4.79 Å². The van der Waals surface area contributed by atoms with Crippen LogP contribution in [0.4, 0.5) is 0 Å². The van der Waals surface area contributed by atoms with Crippen LogP contribution in [-0.4, -0.2) is 24.3 Å². The first-order valence-corrected chi connectivity index (χ1v) is 7.35. The number of benzene rings is 1. The Morgan fingerprint density at radius 2 is 1.89 bits per heavy atom. The molecule has 2 nitrogen and oxygen atoms in total. The van der Waals surface area contributed by atoms with Gasteiger partial charge < -0.3 is 0 Å². The fourth-order valence-corrected chi connectivity index (χ4v) is 2.87. The molecule has 0 amide bonds. The molecule has 0 saturated carbocycles. The van der Waals surface area contributed by atoms with E-state index in [-0.39, 0.29) is 5.78 Å². The number of likely N-dealkylation sites (N-methyl/N-ethyl adjacent to an activating group) is 1. The SMILES string of the molecule is CCc1ccc(C(=O)CN(C)Cc2ccccc2)s1. The Bertz CT molecular complexity index is 533. The Morgan fingerprint density at radius 1 is 1.16 bits per heavy atom. The first kappa shape index (κ1) is 14.0. The third kappa shape index (κ3) is 4.01. The van der Waals surface area contributed by atoms with Crippen LogP contribution in [0.5, 0.6) is 0 Å². The minimum atomic E-state index is 0.211. The molecule has 0 atom stereocenters. The number of ketones is 1. The van der Waals surface area contributed by atoms with Gasteiger partial charge in [-0.2, -0.15) is 0 Å². The van der Waals surface area contributed by atoms with Crippen molar-refractivity contribution in [3.8, 4) is 0 Å². The van der Waals surface area contributed by atoms with Crippen molar-refractivity contribution in [2.45, 2.75) is 19.9 Å². The van der Waals surface area contributed by atoms with Crippen molar-refractivity contribution in [3.05, 3.63) is 57.8 Å². The smallest absolute Gasteiger partial charge is 0.186 e. The van der Waals surface area contributed by atoms with Gasteiger partial charge in [-0.15, -0.1) is 11.3 Å². The van der Waals surface area contributed by atoms with Crippen molar-refractivity contribution in [1.82, 2.24) is 4.90 Å². The summed E-state index contributed by atoms with van der Waals surface area (Å²) in [6.07, 6.45) is 0.998. The van der Waals surface area contributed by atoms with Crippen molar-refractivity contribution < 1.29 is 4.79 Å². The second-order valence-corrected chi connectivity index (χ2v) is 5.87. The van der Waals surface area contributed by atoms with Gasteiger partial charge in [0.15, 0.2) is 5.78 Å². The highest BCUT2D eigenvalue weighted by atomic mass is 32.1. The van der Waals surface area contributed by atoms with Gasteiger partial charge in [-0.1, -0.05) is 37.3 Å². The van der Waals surface area contributed by atoms with Crippen LogP contribution in [0.15, 0.2) is 42.5 Å². The summed E-state index contributed by atoms with van der Waals surface area (Å²) in [4.78, 5) is 16.3. The van der Waals surface area contributed by atoms with Crippen molar-refractivity contribution in [2.75, 3.05) is 13.6 Å². The number of hydrogen-bond donors (Lipinski definition) is 0. The number of nitrogens with zero attached hydrogens (tertiary/aromatic N) is 1. The number of rotatable bonds is 6. The van der Waals surface area contributed by atoms with Crippen LogP contribution in [0.2, 0.25) is 0 Å². The molecule has 0 bridgehead atoms. The molecular weight excluding hydrogens is 254 g/mol. The molecule has 0 saturated heterocycles. The topological polar surface area (TPSA) is 20.3 Å². The van der Waals surface area contributed by atoms with Gasteiger partial charge in [0.25, 0.3) is 0 Å². The summed E-state index contributed by atoms with van der Waals surface area (Å²) in [5, 5.41) is 0. The van der Waals surface area contributed by atoms with E-state index in [1.165, 1.54) is 10.4 Å². The zero-order valence-electron chi connectivity index (χ0n) is 11.4. The molecule has 0 aliphatic rings. The number of aryl methyl sites for hydroxylation is 1. The lowest BCUT2D eigenvalue weighted by molar-refractivity contribution is 0.0947. The molecule has 1 aromatic carbocycles. The Hall–Kier alpha value is -1.45. The molecule has 0 unspecified atom stereocenters. The average molecular weight is 273 g/mol. The van der Waals surface area contributed by atoms with E-state index in [1.54, 1.807) is 11.3 Å². The first-order valence-electron chi connectivity index (χ1n) is 6.53. The molecule has 0 spiro atoms. The zero-order valence-corrected chi connectivity index (χ0v) is 12.2. The van der Waals surface area contributed by atoms with E-state index in [4.69, 9.17) is 0 Å². The molecular formula is C16H19NOS. The van der Waals surface area contributed by atoms with E-state index in [1.807, 2.05) is 31.3 Å². The van der Waals surface area contributed by atoms with Crippen molar-refractivity contribution in [2.24, 2.45) is 0 Å². The Balaban J connectivity index is 1.91. The van der Waals surface area contributed by atoms with E-state index in [0.717, 1.165) is 17.8 Å². The highest BCUT2D eigenvalue weighted by Crippen LogP contribution is 2.17. The summed E-state index contributed by atoms with van der Waals surface area (Å²) in [5.74, 6) is 0.211. The molecule has 0 aliphatic heterocycles. The van der Waals surface area contributed by atoms with E-state index in [0.29, 0.717) is 6.54 Å². The summed E-state index contributed by atoms with van der Waals surface area (Å²) in [7, 11) is 1.99. The number of carbonyl (C=O) groups excluding carboxylic acids is 1. The van der Waals surface area contributed by atoms with Crippen molar-refractivity contribution in [3.63, 3.8) is 0 Å². The standard InChI is InChI=1S/C16H19NOS/c1-3-14-9-10-16(19-14)15(18)12-17(2)11-13-7-5-4-6-8-13/h4-10H,3,11-12H2,1-2H3. The Morgan fingerprint density at radius 3 is 2.53 bits per heavy atom. The fourth-order valence-electron chi connectivity index (χ4n) is 1.99. The quantitative estimate of drug-likeness (QED) is 0.749. The number of Topliss-reactive ketones (excluding diaryl/α,β-unsaturated/α-hetero) is 1. The van der Waals surface area contributed by atoms with Gasteiger partial charge in [0.05, 0.1) is 11.4 Å². The van der Waals surface area contributed by atoms with Crippen LogP contribution in [-0.2, 0) is 13.0 Å². The minimum Gasteiger partial charge on any atom is -0.295 e. The average Bonchev–Trinajstić information content (AvgIpc) is 2.88. The lowest BCUT2D eigenvalue weighted by Gasteiger charge is -2.15. The van der Waals surface area contributed by atoms with Crippen molar-refractivity contribution in [1.29, 1.82) is 0 Å². The maximum Gasteiger partial charge on any atom is 0.186 e. The highest BCUT2D eigenvalue weighted by molar-refractivity contribution is 7.14. The maximum atomic E-state index is 12.1. The lowest BCUT2D eigenvalue weighted by Crippen LogP contribution is -2.25. The first-order chi connectivity index (χ1) is 9.19. The van der Waals surface area contributed by atoms with Crippen LogP contribution in [0.25, 0.3) is 0 Å². The molecule has 1 aromatic heterocycles. The van der Waals surface area contributed by atoms with E-state index in [2.05, 4.69) is 30.0 Å². The summed E-state index contributed by atoms with van der Waals surface area (Å²) in [6, 6.07) is 14.2. The van der Waals surface area contributed by atoms with Gasteiger partial charge in [-0.25, -0.2) is 0 Å². The Kier molecular flexibility index (Phi) is 4.88. The van der Waals surface area contributed by atoms with Crippen LogP contribution in [0.3, 0.4) is 0 Å². The second kappa shape index (κ2) is 6.64. The third-order valence-electron chi connectivity index (χ3n) is 2.99. The van der Waals surface area contributed by atoms with Crippen LogP contribution in [0, 0.1) is 0 Å². The maximum absolute atomic E-state index is 12.1. The molecule has 2 rings (SSSR count). The molecule has 2 aromatic rings. The van der Waals surface area contributed by atoms with Gasteiger partial charge in [-0.3, -0.25) is 9.69 Å². The van der Waals surface area contributed by atoms with Crippen LogP contribution >= 0.6 is 11.3 Å². The lowest BCUT2D eigenvalue weighted by atomic mass is 10.2. The summed E-state index contributed by atoms with van der Waals surface area (Å²) < 4.78 is 0. The highest BCUT2D eigenvalue weighted by Gasteiger charge is 2.11. The monoisotopic (exact) mass is 273 g/mol. The number of thiophene rings is 1. The van der Waals surface area contributed by atoms with Crippen LogP contribution < -0.4 is 0 Å². The summed E-state index contributed by atoms with van der Waals surface area (Å²) in [5.41, 5.74) is 1.23. The molecule has 3 heteroatoms. The molecule has 1 heterocycles. The molecule has 0 aliphatic carbocycles. The summed E-state index contributed by atoms with van der Waals surface area (Å²) in [6.45, 7) is 3.39. The van der Waals surface area contributed by atoms with E-state index < -0.39 is 0 Å². The van der Waals surface area contributed by atoms with Gasteiger partial charge >= 0.3 is 0 Å². The zero-order chi connectivity index (χ0) is 13.7. The predicted octanol–water partition coefficient (Wildman–Crippen LogP) is 3.63. The van der Waals surface area contributed by atoms with Gasteiger partial charge in [0.1, 0.15) is 0 Å². The fraction of sp³-hybridized carbons (Fsp3) is 0.312. The second-order valence-electron chi connectivity index (χ2n) is 4.70. The largest absolute Gasteiger partial charge is 0.295 e. The minimum absolute atomic E-state index is 0.211. The van der Waals surface area contributed by atoms with Crippen molar-refractivity contribution >= 4 is 17.1 Å². The third-order valence-corrected chi connectivity index (χ3v) is 4.26. The Labute approximate surface area is 118 Å². The summed E-state index contributed by atoms with van der Waals surface area (Å²) >= 11 is 1.61. The molecule has 0 fully saturated rings. The van der Waals surface area contributed by atoms with Gasteiger partial charge in [-0.05, 0) is 31.2 Å². The molecule has 0 radical (unpaired) electrons. The van der Waals surface area contributed by atoms with Crippen LogP contribution in [0.1, 0.15) is 27.0 Å². The van der Waals surface area contributed by atoms with E-state index >= 15 is 0 Å². The van der Waals surface area contributed by atoms with Gasteiger partial charge in [0, 0.05) is 11.4 Å². The molecule has 0 N–H and O–H groups in total. The molecule has 100 valence electrons. The molecule has 19 heavy (non-hydrogen) atoms.